The van der Waals surface area contributed by atoms with E-state index in [0.717, 1.165) is 0 Å². The van der Waals surface area contributed by atoms with E-state index in [1.807, 2.05) is 0 Å². The molecule has 0 unspecified atom stereocenters. The Hall–Kier alpha value is -0.900. The third-order valence-electron chi connectivity index (χ3n) is 1.25. The minimum absolute atomic E-state index is 0.323. The van der Waals surface area contributed by atoms with Crippen molar-refractivity contribution in [1.82, 2.24) is 4.98 Å². The van der Waals surface area contributed by atoms with Crippen LogP contribution in [-0.4, -0.2) is 11.2 Å². The lowest BCUT2D eigenvalue weighted by molar-refractivity contribution is 0.609. The third-order valence-corrected chi connectivity index (χ3v) is 1.37. The van der Waals surface area contributed by atoms with Crippen LogP contribution in [0.1, 0.15) is 11.3 Å². The quantitative estimate of drug-likeness (QED) is 0.504. The molecule has 1 aromatic heterocycles. The van der Waals surface area contributed by atoms with E-state index in [-0.39, 0.29) is 5.82 Å². The largest absolute Gasteiger partial charge is 0.258 e. The Kier molecular flexibility index (Phi) is 2.59. The van der Waals surface area contributed by atoms with Crippen molar-refractivity contribution < 1.29 is 4.39 Å². The summed E-state index contributed by atoms with van der Waals surface area (Å²) in [5.41, 5.74) is 1.00. The smallest absolute Gasteiger partial charge is 0.145 e. The Labute approximate surface area is 69.7 Å². The summed E-state index contributed by atoms with van der Waals surface area (Å²) >= 11 is 3.61. The first kappa shape index (κ1) is 8.20. The molecule has 0 N–H and O–H groups in total. The number of rotatable bonds is 1. The first-order valence-corrected chi connectivity index (χ1v) is 3.43. The lowest BCUT2D eigenvalue weighted by Crippen LogP contribution is -1.90. The SMILES string of the molecule is Cc1ncc(/C=N/S)cc1F. The van der Waals surface area contributed by atoms with Gasteiger partial charge >= 0.3 is 0 Å². The fourth-order valence-electron chi connectivity index (χ4n) is 0.658. The molecule has 0 atom stereocenters. The van der Waals surface area contributed by atoms with E-state index in [2.05, 4.69) is 22.2 Å². The number of hydrogen-bond donors (Lipinski definition) is 1. The van der Waals surface area contributed by atoms with Gasteiger partial charge < -0.3 is 0 Å². The minimum Gasteiger partial charge on any atom is -0.258 e. The molecule has 0 radical (unpaired) electrons. The summed E-state index contributed by atoms with van der Waals surface area (Å²) in [5.74, 6) is -0.323. The Bertz CT molecular complexity index is 286. The Morgan fingerprint density at radius 2 is 2.45 bits per heavy atom. The maximum atomic E-state index is 12.8. The number of aryl methyl sites for hydroxylation is 1. The molecule has 0 amide bonds. The Morgan fingerprint density at radius 1 is 1.73 bits per heavy atom. The van der Waals surface area contributed by atoms with Crippen molar-refractivity contribution in [3.63, 3.8) is 0 Å². The van der Waals surface area contributed by atoms with Gasteiger partial charge in [-0.1, -0.05) is 0 Å². The van der Waals surface area contributed by atoms with E-state index in [0.29, 0.717) is 11.3 Å². The van der Waals surface area contributed by atoms with Gasteiger partial charge in [0.15, 0.2) is 0 Å². The zero-order chi connectivity index (χ0) is 8.27. The fraction of sp³-hybridized carbons (Fsp3) is 0.143. The number of thiol groups is 1. The molecule has 2 nitrogen and oxygen atoms in total. The van der Waals surface area contributed by atoms with Crippen molar-refractivity contribution in [3.8, 4) is 0 Å². The van der Waals surface area contributed by atoms with Gasteiger partial charge in [-0.25, -0.2) is 8.79 Å². The molecule has 58 valence electrons. The van der Waals surface area contributed by atoms with E-state index in [1.165, 1.54) is 18.5 Å². The predicted molar refractivity (Wildman–Crippen MR) is 45.5 cm³/mol. The number of halogens is 1. The van der Waals surface area contributed by atoms with E-state index in [1.54, 1.807) is 6.92 Å². The molecule has 0 spiro atoms. The minimum atomic E-state index is -0.323. The molecule has 0 aromatic carbocycles. The molecular formula is C7H7FN2S. The predicted octanol–water partition coefficient (Wildman–Crippen LogP) is 1.79. The van der Waals surface area contributed by atoms with Crippen LogP contribution in [0, 0.1) is 12.7 Å². The molecule has 0 aliphatic carbocycles. The van der Waals surface area contributed by atoms with Gasteiger partial charge in [-0.2, -0.15) is 0 Å². The standard InChI is InChI=1S/C7H7FN2S/c1-5-7(8)2-6(3-9-5)4-10-11/h2-4,11H,1H3/b10-4+. The topological polar surface area (TPSA) is 25.2 Å². The maximum Gasteiger partial charge on any atom is 0.145 e. The van der Waals surface area contributed by atoms with Crippen molar-refractivity contribution in [1.29, 1.82) is 0 Å². The molecule has 0 fully saturated rings. The molecular weight excluding hydrogens is 163 g/mol. The number of hydrogen-bond acceptors (Lipinski definition) is 3. The zero-order valence-electron chi connectivity index (χ0n) is 5.95. The van der Waals surface area contributed by atoms with E-state index in [4.69, 9.17) is 0 Å². The van der Waals surface area contributed by atoms with Crippen LogP contribution in [0.2, 0.25) is 0 Å². The molecule has 1 aromatic rings. The van der Waals surface area contributed by atoms with Crippen molar-refractivity contribution in [2.24, 2.45) is 4.40 Å². The number of pyridine rings is 1. The summed E-state index contributed by atoms with van der Waals surface area (Å²) in [6.07, 6.45) is 2.97. The number of aromatic nitrogens is 1. The second-order valence-corrected chi connectivity index (χ2v) is 2.31. The van der Waals surface area contributed by atoms with Crippen LogP contribution in [0.15, 0.2) is 16.7 Å². The van der Waals surface area contributed by atoms with Crippen LogP contribution < -0.4 is 0 Å². The summed E-state index contributed by atoms with van der Waals surface area (Å²) in [7, 11) is 0. The Morgan fingerprint density at radius 3 is 3.00 bits per heavy atom. The van der Waals surface area contributed by atoms with Crippen molar-refractivity contribution in [2.75, 3.05) is 0 Å². The first-order valence-electron chi connectivity index (χ1n) is 3.03. The van der Waals surface area contributed by atoms with Crippen LogP contribution in [0.5, 0.6) is 0 Å². The average molecular weight is 170 g/mol. The van der Waals surface area contributed by atoms with Gasteiger partial charge in [0, 0.05) is 18.0 Å². The summed E-state index contributed by atoms with van der Waals surface area (Å²) in [6, 6.07) is 1.36. The van der Waals surface area contributed by atoms with Gasteiger partial charge in [0.25, 0.3) is 0 Å². The van der Waals surface area contributed by atoms with E-state index >= 15 is 0 Å². The summed E-state index contributed by atoms with van der Waals surface area (Å²) < 4.78 is 16.2. The highest BCUT2D eigenvalue weighted by Crippen LogP contribution is 2.03. The summed E-state index contributed by atoms with van der Waals surface area (Å²) in [5, 5.41) is 0. The second-order valence-electron chi connectivity index (χ2n) is 2.08. The van der Waals surface area contributed by atoms with Crippen LogP contribution in [0.3, 0.4) is 0 Å². The molecule has 0 bridgehead atoms. The van der Waals surface area contributed by atoms with Crippen molar-refractivity contribution in [3.05, 3.63) is 29.3 Å². The molecule has 0 saturated carbocycles. The highest BCUT2D eigenvalue weighted by atomic mass is 32.1. The van der Waals surface area contributed by atoms with E-state index < -0.39 is 0 Å². The van der Waals surface area contributed by atoms with Crippen LogP contribution >= 0.6 is 12.8 Å². The van der Waals surface area contributed by atoms with Gasteiger partial charge in [-0.3, -0.25) is 4.98 Å². The Balaban J connectivity index is 3.05. The normalized spacial score (nSPS) is 10.8. The monoisotopic (exact) mass is 170 g/mol. The second kappa shape index (κ2) is 3.48. The lowest BCUT2D eigenvalue weighted by atomic mass is 10.2. The molecule has 1 heterocycles. The fourth-order valence-corrected chi connectivity index (χ4v) is 0.792. The highest BCUT2D eigenvalue weighted by molar-refractivity contribution is 7.78. The first-order chi connectivity index (χ1) is 5.24. The van der Waals surface area contributed by atoms with Crippen LogP contribution in [0.25, 0.3) is 0 Å². The van der Waals surface area contributed by atoms with Gasteiger partial charge in [0.1, 0.15) is 5.82 Å². The number of nitrogens with zero attached hydrogens (tertiary/aromatic N) is 2. The third kappa shape index (κ3) is 2.01. The van der Waals surface area contributed by atoms with Crippen LogP contribution in [0.4, 0.5) is 4.39 Å². The van der Waals surface area contributed by atoms with Gasteiger partial charge in [0.2, 0.25) is 0 Å². The van der Waals surface area contributed by atoms with Crippen molar-refractivity contribution in [2.45, 2.75) is 6.92 Å². The lowest BCUT2D eigenvalue weighted by Gasteiger charge is -1.94. The van der Waals surface area contributed by atoms with Crippen molar-refractivity contribution >= 4 is 19.0 Å². The summed E-state index contributed by atoms with van der Waals surface area (Å²) in [6.45, 7) is 1.61. The average Bonchev–Trinajstić information content (AvgIpc) is 1.98. The highest BCUT2D eigenvalue weighted by Gasteiger charge is 1.97. The van der Waals surface area contributed by atoms with Gasteiger partial charge in [-0.15, -0.1) is 0 Å². The van der Waals surface area contributed by atoms with E-state index in [9.17, 15) is 4.39 Å². The zero-order valence-corrected chi connectivity index (χ0v) is 6.85. The molecule has 11 heavy (non-hydrogen) atoms. The molecule has 1 rings (SSSR count). The molecule has 0 saturated heterocycles. The van der Waals surface area contributed by atoms with Gasteiger partial charge in [0.05, 0.1) is 5.69 Å². The molecule has 0 aliphatic heterocycles. The van der Waals surface area contributed by atoms with Gasteiger partial charge in [-0.05, 0) is 25.8 Å². The molecule has 0 aliphatic rings. The maximum absolute atomic E-state index is 12.8. The van der Waals surface area contributed by atoms with Crippen LogP contribution in [-0.2, 0) is 0 Å². The summed E-state index contributed by atoms with van der Waals surface area (Å²) in [4.78, 5) is 3.80. The molecule has 4 heteroatoms.